The number of ether oxygens (including phenoxy) is 2. The number of methoxy groups -OCH3 is 2. The van der Waals surface area contributed by atoms with Gasteiger partial charge in [-0.15, -0.1) is 0 Å². The van der Waals surface area contributed by atoms with Gasteiger partial charge in [0.2, 0.25) is 0 Å². The highest BCUT2D eigenvalue weighted by Crippen LogP contribution is 2.32. The zero-order valence-corrected chi connectivity index (χ0v) is 13.0. The number of aryl methyl sites for hydroxylation is 1. The van der Waals surface area contributed by atoms with Crippen molar-refractivity contribution in [3.8, 4) is 11.5 Å². The van der Waals surface area contributed by atoms with E-state index in [1.165, 1.54) is 5.56 Å². The predicted molar refractivity (Wildman–Crippen MR) is 84.0 cm³/mol. The number of aromatic nitrogens is 1. The van der Waals surface area contributed by atoms with Gasteiger partial charge in [-0.2, -0.15) is 0 Å². The fourth-order valence-electron chi connectivity index (χ4n) is 2.41. The minimum absolute atomic E-state index is 0.108. The van der Waals surface area contributed by atoms with Gasteiger partial charge in [0.25, 0.3) is 0 Å². The van der Waals surface area contributed by atoms with Gasteiger partial charge >= 0.3 is 0 Å². The Kier molecular flexibility index (Phi) is 5.17. The van der Waals surface area contributed by atoms with E-state index in [0.717, 1.165) is 29.3 Å². The molecule has 0 amide bonds. The van der Waals surface area contributed by atoms with Gasteiger partial charge in [0.1, 0.15) is 0 Å². The van der Waals surface area contributed by atoms with Gasteiger partial charge in [-0.3, -0.25) is 4.98 Å². The minimum atomic E-state index is 0.108. The summed E-state index contributed by atoms with van der Waals surface area (Å²) in [7, 11) is 3.30. The maximum absolute atomic E-state index is 5.40. The topological polar surface area (TPSA) is 43.4 Å². The third-order valence-electron chi connectivity index (χ3n) is 3.40. The molecule has 4 nitrogen and oxygen atoms in total. The van der Waals surface area contributed by atoms with E-state index in [1.807, 2.05) is 31.3 Å². The number of rotatable bonds is 6. The van der Waals surface area contributed by atoms with Crippen LogP contribution in [0.5, 0.6) is 11.5 Å². The smallest absolute Gasteiger partial charge is 0.161 e. The maximum Gasteiger partial charge on any atom is 0.161 e. The van der Waals surface area contributed by atoms with Crippen molar-refractivity contribution >= 4 is 0 Å². The predicted octanol–water partition coefficient (Wildman–Crippen LogP) is 3.11. The lowest BCUT2D eigenvalue weighted by Gasteiger charge is -2.20. The van der Waals surface area contributed by atoms with Crippen molar-refractivity contribution in [1.82, 2.24) is 10.3 Å². The minimum Gasteiger partial charge on any atom is -0.493 e. The first-order valence-electron chi connectivity index (χ1n) is 7.07. The summed E-state index contributed by atoms with van der Waals surface area (Å²) >= 11 is 0. The lowest BCUT2D eigenvalue weighted by molar-refractivity contribution is 0.354. The lowest BCUT2D eigenvalue weighted by Crippen LogP contribution is -2.22. The van der Waals surface area contributed by atoms with Crippen molar-refractivity contribution in [2.75, 3.05) is 20.8 Å². The maximum atomic E-state index is 5.40. The van der Waals surface area contributed by atoms with E-state index < -0.39 is 0 Å². The Morgan fingerprint density at radius 2 is 1.76 bits per heavy atom. The van der Waals surface area contributed by atoms with Gasteiger partial charge in [-0.1, -0.05) is 13.0 Å². The van der Waals surface area contributed by atoms with E-state index in [2.05, 4.69) is 29.4 Å². The van der Waals surface area contributed by atoms with Crippen molar-refractivity contribution < 1.29 is 9.47 Å². The highest BCUT2D eigenvalue weighted by Gasteiger charge is 2.15. The molecule has 0 bridgehead atoms. The molecule has 0 radical (unpaired) electrons. The molecular weight excluding hydrogens is 264 g/mol. The zero-order chi connectivity index (χ0) is 15.2. The molecule has 1 unspecified atom stereocenters. The molecule has 21 heavy (non-hydrogen) atoms. The molecule has 0 aliphatic heterocycles. The molecule has 1 aromatic heterocycles. The van der Waals surface area contributed by atoms with Crippen LogP contribution in [-0.4, -0.2) is 25.7 Å². The average Bonchev–Trinajstić information content (AvgIpc) is 2.52. The van der Waals surface area contributed by atoms with Crippen molar-refractivity contribution in [1.29, 1.82) is 0 Å². The summed E-state index contributed by atoms with van der Waals surface area (Å²) in [5.74, 6) is 1.48. The fraction of sp³-hybridized carbons (Fsp3) is 0.353. The number of pyridine rings is 1. The first-order valence-corrected chi connectivity index (χ1v) is 7.07. The van der Waals surface area contributed by atoms with Gasteiger partial charge < -0.3 is 14.8 Å². The number of nitrogens with one attached hydrogen (secondary N) is 1. The molecule has 1 aromatic carbocycles. The monoisotopic (exact) mass is 286 g/mol. The van der Waals surface area contributed by atoms with Gasteiger partial charge in [0.15, 0.2) is 11.5 Å². The second kappa shape index (κ2) is 7.09. The Balaban J connectivity index is 2.43. The largest absolute Gasteiger partial charge is 0.493 e. The number of nitrogens with zero attached hydrogens (tertiary/aromatic N) is 1. The first kappa shape index (κ1) is 15.3. The Bertz CT molecular complexity index is 599. The quantitative estimate of drug-likeness (QED) is 0.886. The average molecular weight is 286 g/mol. The zero-order valence-electron chi connectivity index (χ0n) is 13.0. The van der Waals surface area contributed by atoms with Crippen molar-refractivity contribution in [2.45, 2.75) is 19.9 Å². The van der Waals surface area contributed by atoms with E-state index in [0.29, 0.717) is 0 Å². The Labute approximate surface area is 126 Å². The Hall–Kier alpha value is -2.07. The molecule has 0 spiro atoms. The first-order chi connectivity index (χ1) is 10.2. The van der Waals surface area contributed by atoms with E-state index in [4.69, 9.17) is 9.47 Å². The van der Waals surface area contributed by atoms with Crippen LogP contribution in [0.15, 0.2) is 36.5 Å². The molecule has 0 aliphatic rings. The van der Waals surface area contributed by atoms with Crippen LogP contribution < -0.4 is 14.8 Å². The van der Waals surface area contributed by atoms with E-state index in [1.54, 1.807) is 14.2 Å². The summed E-state index contributed by atoms with van der Waals surface area (Å²) in [6.45, 7) is 4.98. The van der Waals surface area contributed by atoms with Gasteiger partial charge in [-0.05, 0) is 48.9 Å². The summed E-state index contributed by atoms with van der Waals surface area (Å²) in [6.07, 6.45) is 1.84. The molecule has 1 heterocycles. The standard InChI is InChI=1S/C17H22N2O2/c1-5-18-17(14-8-9-19-12(2)10-14)13-6-7-15(20-3)16(11-13)21-4/h6-11,17-18H,5H2,1-4H3. The molecule has 0 saturated heterocycles. The van der Waals surface area contributed by atoms with Crippen LogP contribution >= 0.6 is 0 Å². The van der Waals surface area contributed by atoms with Gasteiger partial charge in [0, 0.05) is 11.9 Å². The normalized spacial score (nSPS) is 12.0. The molecular formula is C17H22N2O2. The Morgan fingerprint density at radius 3 is 2.38 bits per heavy atom. The van der Waals surface area contributed by atoms with Crippen LogP contribution in [0.1, 0.15) is 29.8 Å². The highest BCUT2D eigenvalue weighted by molar-refractivity contribution is 5.45. The molecule has 0 aliphatic carbocycles. The van der Waals surface area contributed by atoms with E-state index in [-0.39, 0.29) is 6.04 Å². The number of hydrogen-bond donors (Lipinski definition) is 1. The third-order valence-corrected chi connectivity index (χ3v) is 3.40. The summed E-state index contributed by atoms with van der Waals surface area (Å²) < 4.78 is 10.7. The molecule has 1 atom stereocenters. The van der Waals surface area contributed by atoms with Crippen LogP contribution in [0.4, 0.5) is 0 Å². The highest BCUT2D eigenvalue weighted by atomic mass is 16.5. The van der Waals surface area contributed by atoms with Crippen molar-refractivity contribution in [3.63, 3.8) is 0 Å². The van der Waals surface area contributed by atoms with Crippen LogP contribution in [0.3, 0.4) is 0 Å². The molecule has 0 saturated carbocycles. The molecule has 1 N–H and O–H groups in total. The molecule has 2 aromatic rings. The van der Waals surface area contributed by atoms with Crippen LogP contribution in [-0.2, 0) is 0 Å². The van der Waals surface area contributed by atoms with Crippen LogP contribution in [0.2, 0.25) is 0 Å². The third kappa shape index (κ3) is 3.52. The summed E-state index contributed by atoms with van der Waals surface area (Å²) in [6, 6.07) is 10.3. The van der Waals surface area contributed by atoms with E-state index in [9.17, 15) is 0 Å². The van der Waals surface area contributed by atoms with Gasteiger partial charge in [-0.25, -0.2) is 0 Å². The lowest BCUT2D eigenvalue weighted by atomic mass is 9.98. The molecule has 4 heteroatoms. The summed E-state index contributed by atoms with van der Waals surface area (Å²) in [5.41, 5.74) is 3.34. The van der Waals surface area contributed by atoms with Gasteiger partial charge in [0.05, 0.1) is 20.3 Å². The molecule has 2 rings (SSSR count). The second-order valence-corrected chi connectivity index (χ2v) is 4.84. The summed E-state index contributed by atoms with van der Waals surface area (Å²) in [4.78, 5) is 4.26. The second-order valence-electron chi connectivity index (χ2n) is 4.84. The van der Waals surface area contributed by atoms with Crippen LogP contribution in [0.25, 0.3) is 0 Å². The van der Waals surface area contributed by atoms with Crippen molar-refractivity contribution in [2.24, 2.45) is 0 Å². The van der Waals surface area contributed by atoms with E-state index >= 15 is 0 Å². The fourth-order valence-corrected chi connectivity index (χ4v) is 2.41. The summed E-state index contributed by atoms with van der Waals surface area (Å²) in [5, 5.41) is 3.51. The van der Waals surface area contributed by atoms with Crippen LogP contribution in [0, 0.1) is 6.92 Å². The molecule has 0 fully saturated rings. The number of hydrogen-bond acceptors (Lipinski definition) is 4. The molecule has 112 valence electrons. The number of benzene rings is 1. The Morgan fingerprint density at radius 1 is 1.05 bits per heavy atom. The SMILES string of the molecule is CCNC(c1ccnc(C)c1)c1ccc(OC)c(OC)c1. The van der Waals surface area contributed by atoms with Crippen molar-refractivity contribution in [3.05, 3.63) is 53.3 Å².